The van der Waals surface area contributed by atoms with E-state index in [1.807, 2.05) is 49.4 Å². The zero-order chi connectivity index (χ0) is 28.2. The molecule has 40 heavy (non-hydrogen) atoms. The monoisotopic (exact) mass is 561 g/mol. The highest BCUT2D eigenvalue weighted by molar-refractivity contribution is 6.30. The highest BCUT2D eigenvalue weighted by atomic mass is 35.5. The van der Waals surface area contributed by atoms with Crippen LogP contribution in [0.5, 0.6) is 0 Å². The topological polar surface area (TPSA) is 87.7 Å². The number of benzene rings is 2. The Kier molecular flexibility index (Phi) is 6.99. The molecular weight excluding hydrogens is 526 g/mol. The molecule has 9 atom stereocenters. The first-order valence-corrected chi connectivity index (χ1v) is 14.7. The van der Waals surface area contributed by atoms with E-state index in [0.29, 0.717) is 22.5 Å². The van der Waals surface area contributed by atoms with E-state index in [-0.39, 0.29) is 29.8 Å². The first-order chi connectivity index (χ1) is 19.2. The first kappa shape index (κ1) is 27.0. The molecule has 3 fully saturated rings. The van der Waals surface area contributed by atoms with Crippen molar-refractivity contribution in [1.29, 1.82) is 0 Å². The summed E-state index contributed by atoms with van der Waals surface area (Å²) in [7, 11) is 0. The van der Waals surface area contributed by atoms with Crippen LogP contribution in [-0.4, -0.2) is 46.4 Å². The molecular formula is C32H36ClN3O4. The van der Waals surface area contributed by atoms with E-state index < -0.39 is 29.6 Å². The van der Waals surface area contributed by atoms with Crippen molar-refractivity contribution >= 4 is 35.0 Å². The molecule has 0 aromatic heterocycles. The Labute approximate surface area is 240 Å². The van der Waals surface area contributed by atoms with Crippen LogP contribution in [0.1, 0.15) is 51.6 Å². The lowest BCUT2D eigenvalue weighted by Crippen LogP contribution is -2.58. The average Bonchev–Trinajstić information content (AvgIpc) is 3.60. The van der Waals surface area contributed by atoms with E-state index in [9.17, 15) is 14.4 Å². The van der Waals surface area contributed by atoms with Crippen molar-refractivity contribution in [2.45, 2.75) is 69.9 Å². The Bertz CT molecular complexity index is 1330. The van der Waals surface area contributed by atoms with Crippen LogP contribution in [0.25, 0.3) is 0 Å². The quantitative estimate of drug-likeness (QED) is 0.479. The third-order valence-corrected chi connectivity index (χ3v) is 9.96. The van der Waals surface area contributed by atoms with Crippen molar-refractivity contribution in [3.63, 3.8) is 0 Å². The number of likely N-dealkylation sites (tertiary alicyclic amines) is 1. The van der Waals surface area contributed by atoms with Gasteiger partial charge in [-0.1, -0.05) is 80.8 Å². The highest BCUT2D eigenvalue weighted by Gasteiger charge is 2.73. The van der Waals surface area contributed by atoms with Crippen molar-refractivity contribution in [2.75, 3.05) is 5.32 Å². The number of anilines is 1. The number of carbonyl (C=O) groups excluding carboxylic acids is 3. The molecule has 1 spiro atoms. The molecule has 2 aromatic rings. The van der Waals surface area contributed by atoms with Crippen LogP contribution in [0, 0.1) is 23.7 Å². The summed E-state index contributed by atoms with van der Waals surface area (Å²) < 4.78 is 6.52. The van der Waals surface area contributed by atoms with Gasteiger partial charge < -0.3 is 20.3 Å². The predicted octanol–water partition coefficient (Wildman–Crippen LogP) is 5.13. The van der Waals surface area contributed by atoms with Gasteiger partial charge in [-0.05, 0) is 55.0 Å². The van der Waals surface area contributed by atoms with Crippen molar-refractivity contribution in [3.05, 3.63) is 77.3 Å². The summed E-state index contributed by atoms with van der Waals surface area (Å²) in [5.41, 5.74) is 0.302. The molecule has 3 amide bonds. The number of halogens is 1. The second-order valence-corrected chi connectivity index (χ2v) is 12.3. The smallest absolute Gasteiger partial charge is 0.246 e. The number of nitrogens with zero attached hydrogens (tertiary/aromatic N) is 1. The standard InChI is InChI=1S/C32H36ClN3O4/c1-18-8-7-11-24(19(18)2)35-30(38)28-32-17-16-25(40-32)26(29(37)34-23-14-12-22(33)13-15-23)27(32)31(39)36(28)20(3)21-9-5-4-6-10-21/h4-6,9-10,12-20,24-28H,7-8,11H2,1-3H3,(H,34,37)(H,35,38)/t18-,19+,20-,24+,25-,26+,27-,28+,32+/m1/s1. The highest BCUT2D eigenvalue weighted by Crippen LogP contribution is 2.56. The van der Waals surface area contributed by atoms with Gasteiger partial charge in [-0.25, -0.2) is 0 Å². The number of carbonyl (C=O) groups is 3. The summed E-state index contributed by atoms with van der Waals surface area (Å²) >= 11 is 6.02. The van der Waals surface area contributed by atoms with Gasteiger partial charge in [-0.2, -0.15) is 0 Å². The van der Waals surface area contributed by atoms with Crippen LogP contribution < -0.4 is 10.6 Å². The summed E-state index contributed by atoms with van der Waals surface area (Å²) in [6.07, 6.45) is 6.24. The second kappa shape index (κ2) is 10.3. The maximum Gasteiger partial charge on any atom is 0.246 e. The van der Waals surface area contributed by atoms with E-state index in [4.69, 9.17) is 16.3 Å². The summed E-state index contributed by atoms with van der Waals surface area (Å²) in [6, 6.07) is 15.3. The first-order valence-electron chi connectivity index (χ1n) is 14.3. The lowest BCUT2D eigenvalue weighted by atomic mass is 9.73. The van der Waals surface area contributed by atoms with Crippen molar-refractivity contribution in [2.24, 2.45) is 23.7 Å². The molecule has 7 nitrogen and oxygen atoms in total. The molecule has 3 heterocycles. The van der Waals surface area contributed by atoms with Gasteiger partial charge in [-0.3, -0.25) is 14.4 Å². The zero-order valence-electron chi connectivity index (χ0n) is 23.0. The molecule has 6 rings (SSSR count). The van der Waals surface area contributed by atoms with Gasteiger partial charge in [0.25, 0.3) is 0 Å². The number of amides is 3. The van der Waals surface area contributed by atoms with Gasteiger partial charge in [0.15, 0.2) is 0 Å². The normalized spacial score (nSPS) is 35.0. The number of nitrogens with one attached hydrogen (secondary N) is 2. The number of hydrogen-bond acceptors (Lipinski definition) is 4. The summed E-state index contributed by atoms with van der Waals surface area (Å²) in [6.45, 7) is 6.36. The molecule has 0 radical (unpaired) electrons. The minimum atomic E-state index is -1.21. The third kappa shape index (κ3) is 4.34. The van der Waals surface area contributed by atoms with E-state index in [1.54, 1.807) is 29.2 Å². The van der Waals surface area contributed by atoms with Crippen LogP contribution in [0.3, 0.4) is 0 Å². The maximum atomic E-state index is 14.4. The molecule has 2 N–H and O–H groups in total. The molecule has 4 aliphatic rings. The van der Waals surface area contributed by atoms with Crippen molar-refractivity contribution in [1.82, 2.24) is 10.2 Å². The van der Waals surface area contributed by atoms with Crippen LogP contribution in [-0.2, 0) is 19.1 Å². The fraction of sp³-hybridized carbons (Fsp3) is 0.469. The Hall–Kier alpha value is -3.16. The third-order valence-electron chi connectivity index (χ3n) is 9.71. The zero-order valence-corrected chi connectivity index (χ0v) is 23.8. The SMILES string of the molecule is C[C@H]1[C@H](C)CCC[C@@H]1NC(=O)[C@@H]1N([C@H](C)c2ccccc2)C(=O)[C@H]2[C@@H](C(=O)Nc3ccc(Cl)cc3)[C@H]3C=C[C@@]12O3. The Balaban J connectivity index is 1.35. The van der Waals surface area contributed by atoms with Gasteiger partial charge in [-0.15, -0.1) is 0 Å². The van der Waals surface area contributed by atoms with Gasteiger partial charge in [0.1, 0.15) is 11.6 Å². The summed E-state index contributed by atoms with van der Waals surface area (Å²) in [5, 5.41) is 6.82. The Morgan fingerprint density at radius 1 is 1.05 bits per heavy atom. The molecule has 3 aliphatic heterocycles. The van der Waals surface area contributed by atoms with Crippen LogP contribution in [0.15, 0.2) is 66.7 Å². The molecule has 1 aliphatic carbocycles. The minimum absolute atomic E-state index is 0.0299. The molecule has 0 unspecified atom stereocenters. The van der Waals surface area contributed by atoms with E-state index in [0.717, 1.165) is 24.8 Å². The molecule has 1 saturated carbocycles. The van der Waals surface area contributed by atoms with Gasteiger partial charge in [0.2, 0.25) is 17.7 Å². The largest absolute Gasteiger partial charge is 0.359 e. The van der Waals surface area contributed by atoms with Gasteiger partial charge in [0, 0.05) is 16.8 Å². The summed E-state index contributed by atoms with van der Waals surface area (Å²) in [4.78, 5) is 43.9. The lowest BCUT2D eigenvalue weighted by Gasteiger charge is -2.39. The fourth-order valence-electron chi connectivity index (χ4n) is 7.32. The van der Waals surface area contributed by atoms with Crippen LogP contribution >= 0.6 is 11.6 Å². The number of ether oxygens (including phenoxy) is 1. The van der Waals surface area contributed by atoms with E-state index in [1.165, 1.54) is 0 Å². The Morgan fingerprint density at radius 3 is 2.50 bits per heavy atom. The molecule has 8 heteroatoms. The Morgan fingerprint density at radius 2 is 1.77 bits per heavy atom. The predicted molar refractivity (Wildman–Crippen MR) is 153 cm³/mol. The lowest BCUT2D eigenvalue weighted by molar-refractivity contribution is -0.144. The van der Waals surface area contributed by atoms with Crippen molar-refractivity contribution in [3.8, 4) is 0 Å². The van der Waals surface area contributed by atoms with Crippen LogP contribution in [0.4, 0.5) is 5.69 Å². The number of fused-ring (bicyclic) bond motifs is 1. The number of rotatable bonds is 6. The fourth-order valence-corrected chi connectivity index (χ4v) is 7.45. The molecule has 2 aromatic carbocycles. The van der Waals surface area contributed by atoms with Gasteiger partial charge in [0.05, 0.1) is 24.0 Å². The molecule has 210 valence electrons. The van der Waals surface area contributed by atoms with Gasteiger partial charge >= 0.3 is 0 Å². The van der Waals surface area contributed by atoms with E-state index >= 15 is 0 Å². The van der Waals surface area contributed by atoms with Crippen molar-refractivity contribution < 1.29 is 19.1 Å². The second-order valence-electron chi connectivity index (χ2n) is 11.9. The summed E-state index contributed by atoms with van der Waals surface area (Å²) in [5.74, 6) is -1.48. The minimum Gasteiger partial charge on any atom is -0.359 e. The number of hydrogen-bond donors (Lipinski definition) is 2. The van der Waals surface area contributed by atoms with Crippen LogP contribution in [0.2, 0.25) is 5.02 Å². The maximum absolute atomic E-state index is 14.4. The average molecular weight is 562 g/mol. The van der Waals surface area contributed by atoms with E-state index in [2.05, 4.69) is 24.5 Å². The molecule has 2 bridgehead atoms. The molecule has 2 saturated heterocycles.